The minimum atomic E-state index is -3.03. The lowest BCUT2D eigenvalue weighted by molar-refractivity contribution is -0.188. The molecule has 2 aliphatic carbocycles. The molecule has 7 N–H and O–H groups in total. The highest BCUT2D eigenvalue weighted by Gasteiger charge is 2.81. The summed E-state index contributed by atoms with van der Waals surface area (Å²) >= 11 is 0. The molecule has 1 fully saturated rings. The van der Waals surface area contributed by atoms with Gasteiger partial charge in [0.2, 0.25) is 12.2 Å². The molecular formula is C51H57N3O18. The number of amides is 2. The van der Waals surface area contributed by atoms with Crippen molar-refractivity contribution in [2.24, 2.45) is 5.41 Å². The highest BCUT2D eigenvalue weighted by molar-refractivity contribution is 5.98. The Kier molecular flexibility index (Phi) is 13.6. The van der Waals surface area contributed by atoms with Crippen LogP contribution in [0.25, 0.3) is 0 Å². The van der Waals surface area contributed by atoms with Crippen LogP contribution in [-0.2, 0) is 59.6 Å². The Morgan fingerprint density at radius 3 is 1.71 bits per heavy atom. The molecule has 0 radical (unpaired) electrons. The summed E-state index contributed by atoms with van der Waals surface area (Å²) in [5, 5.41) is 61.4. The van der Waals surface area contributed by atoms with Crippen LogP contribution >= 0.6 is 0 Å². The molecule has 0 aromatic heterocycles. The number of rotatable bonds is 16. The van der Waals surface area contributed by atoms with Crippen LogP contribution in [-0.4, -0.2) is 126 Å². The fourth-order valence-corrected chi connectivity index (χ4v) is 11.3. The highest BCUT2D eigenvalue weighted by Crippen LogP contribution is 2.73. The van der Waals surface area contributed by atoms with Gasteiger partial charge in [-0.05, 0) is 86.0 Å². The highest BCUT2D eigenvalue weighted by atomic mass is 16.7. The third kappa shape index (κ3) is 9.00. The minimum absolute atomic E-state index is 0.0235. The minimum Gasteiger partial charge on any atom is -0.504 e. The largest absolute Gasteiger partial charge is 0.509 e. The number of carboxylic acid groups (broad SMARTS) is 4. The van der Waals surface area contributed by atoms with E-state index in [0.717, 1.165) is 0 Å². The number of aliphatic carboxylic acids is 4. The smallest absolute Gasteiger partial charge is 0.504 e. The lowest BCUT2D eigenvalue weighted by Crippen LogP contribution is -2.83. The van der Waals surface area contributed by atoms with Crippen molar-refractivity contribution in [2.75, 3.05) is 13.6 Å². The summed E-state index contributed by atoms with van der Waals surface area (Å²) in [7, 11) is 1.66. The molecule has 72 heavy (non-hydrogen) atoms. The molecule has 4 aliphatic rings. The van der Waals surface area contributed by atoms with Gasteiger partial charge in [-0.25, -0.2) is 19.2 Å². The Balaban J connectivity index is 1.49. The maximum atomic E-state index is 15.1. The summed E-state index contributed by atoms with van der Waals surface area (Å²) in [6.45, 7) is 9.31. The Hall–Kier alpha value is -7.68. The van der Waals surface area contributed by atoms with Gasteiger partial charge < -0.3 is 64.8 Å². The van der Waals surface area contributed by atoms with Crippen LogP contribution in [0.2, 0.25) is 0 Å². The number of aromatic hydroxyl groups is 1. The van der Waals surface area contributed by atoms with Crippen LogP contribution in [0, 0.1) is 5.41 Å². The second kappa shape index (κ2) is 18.8. The lowest BCUT2D eigenvalue weighted by atomic mass is 9.37. The summed E-state index contributed by atoms with van der Waals surface area (Å²) in [5.74, 6) is -10.7. The third-order valence-electron chi connectivity index (χ3n) is 13.8. The van der Waals surface area contributed by atoms with E-state index in [-0.39, 0.29) is 41.8 Å². The molecule has 3 aromatic rings. The summed E-state index contributed by atoms with van der Waals surface area (Å²) in [4.78, 5) is 114. The number of carbonyl (C=O) groups is 8. The van der Waals surface area contributed by atoms with Gasteiger partial charge in [0.05, 0.1) is 18.3 Å². The van der Waals surface area contributed by atoms with E-state index in [2.05, 4.69) is 10.6 Å². The number of carbonyl (C=O) groups excluding carboxylic acids is 4. The molecule has 2 bridgehead atoms. The number of likely N-dealkylation sites (N-methyl/N-ethyl adjacent to an activating group) is 1. The quantitative estimate of drug-likeness (QED) is 0.0718. The van der Waals surface area contributed by atoms with Crippen LogP contribution in [0.3, 0.4) is 0 Å². The molecular weight excluding hydrogens is 943 g/mol. The fourth-order valence-electron chi connectivity index (χ4n) is 11.3. The standard InChI is InChI=1S/C51H57N3O18/c1-46(2,3)71-44(66)69-36(27-14-10-8-11-15-27)40(60)52-49(42(62)63,25-33(56)57)30-20-21-50(32-24-29-18-19-31(55)38-35(29)48(50,39(30)68-38)22-23-54(32)7)51(43(64)65,26-34(58)59)53-41(61)37(28-16-12-9-13-17-28)70-45(67)72-47(4,5)6/h8-20,32,36-37,39,55H,21-26H2,1-7H3,(H,52,60)(H,53,61)(H,56,57)(H,58,59)(H,62,63)(H,64,65)/t32-,36+,37+,39+,48+,49?,50-,51?/m1/s1. The first kappa shape index (κ1) is 52.2. The molecule has 8 atom stereocenters. The van der Waals surface area contributed by atoms with Gasteiger partial charge in [0.25, 0.3) is 11.8 Å². The molecule has 1 spiro atoms. The van der Waals surface area contributed by atoms with Gasteiger partial charge >= 0.3 is 36.2 Å². The van der Waals surface area contributed by atoms with Crippen LogP contribution in [0.4, 0.5) is 9.59 Å². The molecule has 1 saturated heterocycles. The number of hydrogen-bond acceptors (Lipinski definition) is 15. The van der Waals surface area contributed by atoms with E-state index in [4.69, 9.17) is 23.7 Å². The zero-order valence-electron chi connectivity index (χ0n) is 40.5. The summed E-state index contributed by atoms with van der Waals surface area (Å²) in [6.07, 6.45) is -10.9. The first-order valence-electron chi connectivity index (χ1n) is 23.0. The molecule has 2 unspecified atom stereocenters. The molecule has 0 saturated carbocycles. The molecule has 2 aliphatic heterocycles. The first-order chi connectivity index (χ1) is 33.6. The Labute approximate surface area is 413 Å². The van der Waals surface area contributed by atoms with Crippen molar-refractivity contribution in [1.29, 1.82) is 0 Å². The maximum Gasteiger partial charge on any atom is 0.509 e. The van der Waals surface area contributed by atoms with E-state index in [0.29, 0.717) is 5.56 Å². The van der Waals surface area contributed by atoms with Crippen molar-refractivity contribution < 1.29 is 87.6 Å². The Morgan fingerprint density at radius 2 is 1.24 bits per heavy atom. The lowest BCUT2D eigenvalue weighted by Gasteiger charge is -2.69. The number of nitrogens with one attached hydrogen (secondary N) is 2. The van der Waals surface area contributed by atoms with Crippen LogP contribution in [0.15, 0.2) is 84.4 Å². The van der Waals surface area contributed by atoms with Gasteiger partial charge in [0.1, 0.15) is 17.3 Å². The zero-order chi connectivity index (χ0) is 52.9. The number of phenolic OH excluding ortho intramolecular Hbond substituents is 1. The molecule has 21 heteroatoms. The van der Waals surface area contributed by atoms with Gasteiger partial charge in [-0.1, -0.05) is 72.8 Å². The molecule has 21 nitrogen and oxygen atoms in total. The van der Waals surface area contributed by atoms with Crippen molar-refractivity contribution >= 4 is 48.0 Å². The Morgan fingerprint density at radius 1 is 0.722 bits per heavy atom. The number of benzene rings is 3. The summed E-state index contributed by atoms with van der Waals surface area (Å²) in [5.41, 5.74) is -12.1. The third-order valence-corrected chi connectivity index (χ3v) is 13.8. The number of piperidine rings is 1. The fraction of sp³-hybridized carbons (Fsp3) is 0.451. The molecule has 2 heterocycles. The average molecular weight is 1000 g/mol. The number of phenols is 1. The number of likely N-dealkylation sites (tertiary alicyclic amines) is 1. The topological polar surface area (TPSA) is 311 Å². The first-order valence-corrected chi connectivity index (χ1v) is 23.0. The van der Waals surface area contributed by atoms with E-state index in [1.54, 1.807) is 50.9 Å². The zero-order valence-corrected chi connectivity index (χ0v) is 40.5. The van der Waals surface area contributed by atoms with E-state index in [1.807, 2.05) is 0 Å². The molecule has 384 valence electrons. The number of ether oxygens (including phenoxy) is 5. The predicted molar refractivity (Wildman–Crippen MR) is 249 cm³/mol. The van der Waals surface area contributed by atoms with Crippen molar-refractivity contribution in [2.45, 2.75) is 126 Å². The van der Waals surface area contributed by atoms with Crippen LogP contribution in [0.1, 0.15) is 102 Å². The van der Waals surface area contributed by atoms with E-state index in [1.165, 1.54) is 81.4 Å². The predicted octanol–water partition coefficient (Wildman–Crippen LogP) is 5.18. The van der Waals surface area contributed by atoms with Crippen LogP contribution in [0.5, 0.6) is 11.5 Å². The van der Waals surface area contributed by atoms with Crippen LogP contribution < -0.4 is 15.4 Å². The van der Waals surface area contributed by atoms with Crippen molar-refractivity contribution in [3.05, 3.63) is 107 Å². The number of hydrogen-bond donors (Lipinski definition) is 7. The van der Waals surface area contributed by atoms with E-state index < -0.39 is 136 Å². The van der Waals surface area contributed by atoms with E-state index >= 15 is 4.79 Å². The van der Waals surface area contributed by atoms with Gasteiger partial charge in [0.15, 0.2) is 22.6 Å². The number of nitrogens with zero attached hydrogens (tertiary/aromatic N) is 1. The van der Waals surface area contributed by atoms with Crippen molar-refractivity contribution in [3.8, 4) is 11.5 Å². The second-order valence-electron chi connectivity index (χ2n) is 20.5. The van der Waals surface area contributed by atoms with Gasteiger partial charge in [-0.3, -0.25) is 19.2 Å². The van der Waals surface area contributed by atoms with Crippen molar-refractivity contribution in [1.82, 2.24) is 15.5 Å². The SMILES string of the molecule is CN1CC[C@]23c4c5ccc(O)c4O[C@H]2C(C(CC(=O)O)(NC(=O)[C@@H](OC(=O)OC(C)(C)C)c2ccccc2)C(=O)O)=CC[C@@]3(C(CC(=O)O)(NC(=O)[C@@H](OC(=O)OC(C)(C)C)c2ccccc2)C(=O)O)[C@H]1C5. The summed E-state index contributed by atoms with van der Waals surface area (Å²) in [6, 6.07) is 16.6. The molecule has 2 amide bonds. The van der Waals surface area contributed by atoms with Gasteiger partial charge in [-0.15, -0.1) is 0 Å². The van der Waals surface area contributed by atoms with Crippen molar-refractivity contribution in [3.63, 3.8) is 0 Å². The number of allylic oxidation sites excluding steroid dienone is 1. The molecule has 3 aromatic carbocycles. The average Bonchev–Trinajstić information content (AvgIpc) is 3.63. The maximum absolute atomic E-state index is 15.1. The second-order valence-corrected chi connectivity index (χ2v) is 20.5. The van der Waals surface area contributed by atoms with E-state index in [9.17, 15) is 59.1 Å². The number of carboxylic acids is 4. The monoisotopic (exact) mass is 999 g/mol. The normalized spacial score (nSPS) is 23.3. The molecule has 7 rings (SSSR count). The van der Waals surface area contributed by atoms with Gasteiger partial charge in [-0.2, -0.15) is 0 Å². The summed E-state index contributed by atoms with van der Waals surface area (Å²) < 4.78 is 28.5. The van der Waals surface area contributed by atoms with Gasteiger partial charge in [0, 0.05) is 33.7 Å². The Bertz CT molecular complexity index is 2730.